The van der Waals surface area contributed by atoms with Crippen molar-refractivity contribution in [2.75, 3.05) is 32.8 Å². The lowest BCUT2D eigenvalue weighted by molar-refractivity contribution is 0.0770. The Morgan fingerprint density at radius 2 is 2.15 bits per heavy atom. The summed E-state index contributed by atoms with van der Waals surface area (Å²) in [7, 11) is 0. The van der Waals surface area contributed by atoms with E-state index in [2.05, 4.69) is 34.7 Å². The Labute approximate surface area is 162 Å². The quantitative estimate of drug-likeness (QED) is 0.760. The Kier molecular flexibility index (Phi) is 6.41. The average Bonchev–Trinajstić information content (AvgIpc) is 3.22. The van der Waals surface area contributed by atoms with Crippen LogP contribution in [0.25, 0.3) is 0 Å². The second-order valence-corrected chi connectivity index (χ2v) is 8.92. The molecule has 2 heterocycles. The van der Waals surface area contributed by atoms with Crippen molar-refractivity contribution in [3.8, 4) is 5.75 Å². The van der Waals surface area contributed by atoms with Gasteiger partial charge in [-0.1, -0.05) is 31.0 Å². The number of ether oxygens (including phenoxy) is 2. The van der Waals surface area contributed by atoms with Gasteiger partial charge >= 0.3 is 0 Å². The van der Waals surface area contributed by atoms with Gasteiger partial charge in [-0.25, -0.2) is 4.31 Å². The predicted octanol–water partition coefficient (Wildman–Crippen LogP) is 3.95. The molecule has 1 N–H and O–H groups in total. The zero-order valence-electron chi connectivity index (χ0n) is 15.9. The van der Waals surface area contributed by atoms with Crippen molar-refractivity contribution in [3.05, 3.63) is 29.3 Å². The zero-order chi connectivity index (χ0) is 17.8. The maximum atomic E-state index is 6.58. The lowest BCUT2D eigenvalue weighted by Crippen LogP contribution is -2.38. The van der Waals surface area contributed by atoms with Crippen molar-refractivity contribution in [1.29, 1.82) is 0 Å². The van der Waals surface area contributed by atoms with Crippen LogP contribution in [-0.4, -0.2) is 49.3 Å². The number of rotatable bonds is 6. The van der Waals surface area contributed by atoms with Crippen LogP contribution in [0.5, 0.6) is 5.75 Å². The number of hydrogen-bond donors (Lipinski definition) is 1. The number of benzene rings is 1. The molecular weight excluding hydrogens is 344 g/mol. The summed E-state index contributed by atoms with van der Waals surface area (Å²) in [6, 6.07) is 7.23. The summed E-state index contributed by atoms with van der Waals surface area (Å²) in [5.74, 6) is 1.13. The molecule has 26 heavy (non-hydrogen) atoms. The van der Waals surface area contributed by atoms with E-state index in [4.69, 9.17) is 9.47 Å². The van der Waals surface area contributed by atoms with Crippen molar-refractivity contribution < 1.29 is 9.47 Å². The first-order valence-electron chi connectivity index (χ1n) is 10.4. The number of hydrogen-bond acceptors (Lipinski definition) is 5. The number of nitrogens with one attached hydrogen (secondary N) is 1. The fourth-order valence-electron chi connectivity index (χ4n) is 4.47. The third-order valence-electron chi connectivity index (χ3n) is 5.88. The molecule has 1 aromatic carbocycles. The molecule has 2 fully saturated rings. The van der Waals surface area contributed by atoms with Crippen molar-refractivity contribution in [1.82, 2.24) is 9.62 Å². The fraction of sp³-hybridized carbons (Fsp3) is 0.714. The lowest BCUT2D eigenvalue weighted by Gasteiger charge is -2.33. The van der Waals surface area contributed by atoms with Crippen molar-refractivity contribution >= 4 is 11.9 Å². The molecule has 0 amide bonds. The van der Waals surface area contributed by atoms with Crippen LogP contribution in [0, 0.1) is 0 Å². The van der Waals surface area contributed by atoms with Crippen molar-refractivity contribution in [2.45, 2.75) is 62.8 Å². The molecule has 2 saturated heterocycles. The average molecular weight is 377 g/mol. The summed E-state index contributed by atoms with van der Waals surface area (Å²) in [6.45, 7) is 7.19. The smallest absolute Gasteiger partial charge is 0.123 e. The Hall–Kier alpha value is -0.750. The predicted molar refractivity (Wildman–Crippen MR) is 108 cm³/mol. The van der Waals surface area contributed by atoms with E-state index in [0.717, 1.165) is 51.4 Å². The highest BCUT2D eigenvalue weighted by molar-refractivity contribution is 7.97. The molecule has 4 nitrogen and oxygen atoms in total. The van der Waals surface area contributed by atoms with Gasteiger partial charge in [-0.05, 0) is 62.3 Å². The molecule has 1 aliphatic carbocycles. The first kappa shape index (κ1) is 18.6. The van der Waals surface area contributed by atoms with Gasteiger partial charge in [-0.15, -0.1) is 0 Å². The highest BCUT2D eigenvalue weighted by atomic mass is 32.2. The Morgan fingerprint density at radius 3 is 2.92 bits per heavy atom. The highest BCUT2D eigenvalue weighted by Gasteiger charge is 2.29. The minimum absolute atomic E-state index is 0.288. The molecule has 144 valence electrons. The molecule has 3 aliphatic rings. The summed E-state index contributed by atoms with van der Waals surface area (Å²) in [4.78, 5) is 0. The van der Waals surface area contributed by atoms with E-state index in [1.54, 1.807) is 0 Å². The molecule has 2 aliphatic heterocycles. The van der Waals surface area contributed by atoms with E-state index in [1.165, 1.54) is 36.8 Å². The summed E-state index contributed by atoms with van der Waals surface area (Å²) < 4.78 is 14.6. The molecular formula is C21H32N2O2S. The summed E-state index contributed by atoms with van der Waals surface area (Å²) in [5.41, 5.74) is 2.96. The first-order chi connectivity index (χ1) is 12.8. The Morgan fingerprint density at radius 1 is 1.27 bits per heavy atom. The maximum Gasteiger partial charge on any atom is 0.123 e. The van der Waals surface area contributed by atoms with Crippen molar-refractivity contribution in [3.63, 3.8) is 0 Å². The summed E-state index contributed by atoms with van der Waals surface area (Å²) >= 11 is 2.03. The Balaban J connectivity index is 1.49. The largest absolute Gasteiger partial charge is 0.489 e. The summed E-state index contributed by atoms with van der Waals surface area (Å²) in [6.07, 6.45) is 7.54. The second-order valence-electron chi connectivity index (χ2n) is 7.62. The van der Waals surface area contributed by atoms with Gasteiger partial charge in [0.1, 0.15) is 11.9 Å². The second kappa shape index (κ2) is 8.96. The van der Waals surface area contributed by atoms with Gasteiger partial charge in [-0.2, -0.15) is 0 Å². The molecule has 0 saturated carbocycles. The van der Waals surface area contributed by atoms with Gasteiger partial charge in [-0.3, -0.25) is 0 Å². The fourth-order valence-corrected chi connectivity index (χ4v) is 5.79. The number of morpholine rings is 1. The molecule has 1 aromatic rings. The van der Waals surface area contributed by atoms with Crippen LogP contribution in [0.3, 0.4) is 0 Å². The molecule has 0 bridgehead atoms. The molecule has 0 spiro atoms. The summed E-state index contributed by atoms with van der Waals surface area (Å²) in [5, 5.41) is 4.18. The minimum atomic E-state index is 0.288. The van der Waals surface area contributed by atoms with E-state index in [0.29, 0.717) is 11.3 Å². The van der Waals surface area contributed by atoms with Crippen LogP contribution >= 0.6 is 11.9 Å². The van der Waals surface area contributed by atoms with E-state index < -0.39 is 0 Å². The molecule has 0 radical (unpaired) electrons. The van der Waals surface area contributed by atoms with Crippen LogP contribution in [0.2, 0.25) is 0 Å². The van der Waals surface area contributed by atoms with Gasteiger partial charge in [0.2, 0.25) is 0 Å². The standard InChI is InChI=1S/C21H32N2O2S/c1-2-19(18-8-5-11-22-18)25-20-9-3-7-17-16(20)6-4-10-21(17)26-23-12-14-24-15-13-23/h3,7,9,18-19,21-22H,2,4-6,8,10-15H2,1H3. The molecule has 3 unspecified atom stereocenters. The van der Waals surface area contributed by atoms with Crippen LogP contribution < -0.4 is 10.1 Å². The van der Waals surface area contributed by atoms with E-state index in [1.807, 2.05) is 11.9 Å². The zero-order valence-corrected chi connectivity index (χ0v) is 16.7. The number of nitrogens with zero attached hydrogens (tertiary/aromatic N) is 1. The van der Waals surface area contributed by atoms with Gasteiger partial charge < -0.3 is 14.8 Å². The van der Waals surface area contributed by atoms with Gasteiger partial charge in [0.15, 0.2) is 0 Å². The van der Waals surface area contributed by atoms with E-state index in [-0.39, 0.29) is 6.10 Å². The third kappa shape index (κ3) is 4.22. The SMILES string of the molecule is CCC(Oc1cccc2c1CCCC2SN1CCOCC1)C1CCCN1. The van der Waals surface area contributed by atoms with Crippen LogP contribution in [0.1, 0.15) is 55.4 Å². The number of fused-ring (bicyclic) bond motifs is 1. The normalized spacial score (nSPS) is 27.9. The molecule has 0 aromatic heterocycles. The van der Waals surface area contributed by atoms with E-state index >= 15 is 0 Å². The van der Waals surface area contributed by atoms with Crippen LogP contribution in [0.4, 0.5) is 0 Å². The van der Waals surface area contributed by atoms with Gasteiger partial charge in [0.25, 0.3) is 0 Å². The van der Waals surface area contributed by atoms with Crippen LogP contribution in [0.15, 0.2) is 18.2 Å². The topological polar surface area (TPSA) is 33.7 Å². The molecule has 4 rings (SSSR count). The van der Waals surface area contributed by atoms with Gasteiger partial charge in [0.05, 0.1) is 13.2 Å². The Bertz CT molecular complexity index is 585. The minimum Gasteiger partial charge on any atom is -0.489 e. The third-order valence-corrected chi connectivity index (χ3v) is 7.29. The molecule has 3 atom stereocenters. The molecule has 5 heteroatoms. The van der Waals surface area contributed by atoms with Gasteiger partial charge in [0, 0.05) is 24.4 Å². The van der Waals surface area contributed by atoms with Crippen molar-refractivity contribution in [2.24, 2.45) is 0 Å². The first-order valence-corrected chi connectivity index (χ1v) is 11.2. The van der Waals surface area contributed by atoms with Crippen LogP contribution in [-0.2, 0) is 11.2 Å². The van der Waals surface area contributed by atoms with E-state index in [9.17, 15) is 0 Å². The highest BCUT2D eigenvalue weighted by Crippen LogP contribution is 2.44. The maximum absolute atomic E-state index is 6.58. The monoisotopic (exact) mass is 376 g/mol. The lowest BCUT2D eigenvalue weighted by atomic mass is 9.90.